The highest BCUT2D eigenvalue weighted by Gasteiger charge is 2.40. The van der Waals surface area contributed by atoms with E-state index in [0.29, 0.717) is 44.7 Å². The first-order valence-corrected chi connectivity index (χ1v) is 13.1. The number of carbonyl (C=O) groups excluding carboxylic acids is 1. The number of nitrogens with one attached hydrogen (secondary N) is 2. The molecule has 0 atom stereocenters. The van der Waals surface area contributed by atoms with Crippen LogP contribution in [0.3, 0.4) is 0 Å². The molecular formula is C27H29Cl2N7O2. The van der Waals surface area contributed by atoms with Crippen LogP contribution < -0.4 is 20.7 Å². The molecule has 0 aliphatic carbocycles. The van der Waals surface area contributed by atoms with E-state index in [4.69, 9.17) is 39.1 Å². The normalized spacial score (nSPS) is 17.3. The second-order valence-corrected chi connectivity index (χ2v) is 10.7. The van der Waals surface area contributed by atoms with Crippen LogP contribution in [0.2, 0.25) is 10.0 Å². The van der Waals surface area contributed by atoms with E-state index in [-0.39, 0.29) is 23.8 Å². The molecule has 9 nitrogen and oxygen atoms in total. The number of amides is 1. The third-order valence-electron chi connectivity index (χ3n) is 7.10. The number of hydrogen-bond acceptors (Lipinski definition) is 8. The zero-order valence-corrected chi connectivity index (χ0v) is 22.5. The lowest BCUT2D eigenvalue weighted by atomic mass is 9.85. The summed E-state index contributed by atoms with van der Waals surface area (Å²) in [7, 11) is 1.99. The van der Waals surface area contributed by atoms with Crippen molar-refractivity contribution in [2.24, 2.45) is 0 Å². The largest absolute Gasteiger partial charge is 0.489 e. The maximum absolute atomic E-state index is 12.1. The van der Waals surface area contributed by atoms with Gasteiger partial charge in [-0.25, -0.2) is 4.98 Å². The fraction of sp³-hybridized carbons (Fsp3) is 0.333. The van der Waals surface area contributed by atoms with Crippen LogP contribution >= 0.6 is 23.2 Å². The van der Waals surface area contributed by atoms with Gasteiger partial charge in [0, 0.05) is 60.6 Å². The molecule has 38 heavy (non-hydrogen) atoms. The van der Waals surface area contributed by atoms with Crippen molar-refractivity contribution >= 4 is 46.3 Å². The number of carbonyl (C=O) groups is 1. The first-order chi connectivity index (χ1) is 18.2. The number of anilines is 2. The number of ether oxygens (including phenoxy) is 1. The number of nitrogen functional groups attached to an aromatic ring is 1. The summed E-state index contributed by atoms with van der Waals surface area (Å²) in [6, 6.07) is 8.99. The molecule has 2 aliphatic rings. The fourth-order valence-electron chi connectivity index (χ4n) is 5.09. The minimum absolute atomic E-state index is 0.0897. The van der Waals surface area contributed by atoms with Crippen LogP contribution in [0.4, 0.5) is 11.5 Å². The van der Waals surface area contributed by atoms with Gasteiger partial charge in [0.25, 0.3) is 0 Å². The number of benzene rings is 1. The standard InChI is InChI=1S/C27H29Cl2N7O2/c1-35-14-25(37)34-27(16-35)6-8-36(9-7-27)24-5-2-17(11-33-24)26(31)19-10-18(3-4-23(19)30)38-15-20-21(28)12-32-13-22(20)29/h2-5,10-13,31H,6-9,14-16,30H2,1H3,(H,34,37). The van der Waals surface area contributed by atoms with E-state index in [1.165, 1.54) is 12.4 Å². The fourth-order valence-corrected chi connectivity index (χ4v) is 5.56. The van der Waals surface area contributed by atoms with Gasteiger partial charge in [-0.1, -0.05) is 23.2 Å². The number of pyridine rings is 2. The lowest BCUT2D eigenvalue weighted by Crippen LogP contribution is -2.65. The summed E-state index contributed by atoms with van der Waals surface area (Å²) in [5, 5.41) is 12.8. The lowest BCUT2D eigenvalue weighted by molar-refractivity contribution is -0.127. The number of rotatable bonds is 6. The van der Waals surface area contributed by atoms with Crippen LogP contribution in [-0.4, -0.2) is 65.3 Å². The maximum atomic E-state index is 12.1. The quantitative estimate of drug-likeness (QED) is 0.314. The van der Waals surface area contributed by atoms with Crippen molar-refractivity contribution in [1.82, 2.24) is 20.2 Å². The zero-order chi connectivity index (χ0) is 26.9. The molecule has 1 spiro atoms. The van der Waals surface area contributed by atoms with E-state index in [2.05, 4.69) is 25.1 Å². The number of nitrogens with two attached hydrogens (primary N) is 1. The average molecular weight is 554 g/mol. The number of likely N-dealkylation sites (N-methyl/N-ethyl adjacent to an activating group) is 1. The molecule has 0 bridgehead atoms. The molecule has 198 valence electrons. The summed E-state index contributed by atoms with van der Waals surface area (Å²) in [6.07, 6.45) is 6.45. The van der Waals surface area contributed by atoms with E-state index >= 15 is 0 Å². The highest BCUT2D eigenvalue weighted by atomic mass is 35.5. The molecule has 2 saturated heterocycles. The molecular weight excluding hydrogens is 525 g/mol. The summed E-state index contributed by atoms with van der Waals surface area (Å²) >= 11 is 12.4. The molecule has 5 rings (SSSR count). The van der Waals surface area contributed by atoms with E-state index in [1.807, 2.05) is 19.2 Å². The Balaban J connectivity index is 1.25. The van der Waals surface area contributed by atoms with Crippen LogP contribution in [0.25, 0.3) is 0 Å². The van der Waals surface area contributed by atoms with Gasteiger partial charge < -0.3 is 20.7 Å². The topological polar surface area (TPSA) is 120 Å². The first-order valence-electron chi connectivity index (χ1n) is 12.3. The molecule has 0 radical (unpaired) electrons. The Hall–Kier alpha value is -3.40. The third-order valence-corrected chi connectivity index (χ3v) is 7.75. The van der Waals surface area contributed by atoms with Crippen molar-refractivity contribution in [3.63, 3.8) is 0 Å². The lowest BCUT2D eigenvalue weighted by Gasteiger charge is -2.47. The van der Waals surface area contributed by atoms with Gasteiger partial charge in [0.2, 0.25) is 5.91 Å². The molecule has 2 aliphatic heterocycles. The van der Waals surface area contributed by atoms with E-state index in [9.17, 15) is 4.79 Å². The third kappa shape index (κ3) is 5.55. The molecule has 2 aromatic heterocycles. The zero-order valence-electron chi connectivity index (χ0n) is 21.0. The molecule has 4 heterocycles. The molecule has 2 fully saturated rings. The minimum Gasteiger partial charge on any atom is -0.489 e. The molecule has 1 amide bonds. The van der Waals surface area contributed by atoms with Gasteiger partial charge >= 0.3 is 0 Å². The number of nitrogens with zero attached hydrogens (tertiary/aromatic N) is 4. The number of piperidine rings is 1. The van der Waals surface area contributed by atoms with Crippen LogP contribution in [-0.2, 0) is 11.4 Å². The minimum atomic E-state index is -0.165. The smallest absolute Gasteiger partial charge is 0.234 e. The summed E-state index contributed by atoms with van der Waals surface area (Å²) in [6.45, 7) is 3.08. The van der Waals surface area contributed by atoms with E-state index in [1.54, 1.807) is 24.4 Å². The second-order valence-electron chi connectivity index (χ2n) is 9.89. The average Bonchev–Trinajstić information content (AvgIpc) is 2.89. The monoisotopic (exact) mass is 553 g/mol. The van der Waals surface area contributed by atoms with Crippen LogP contribution in [0, 0.1) is 5.41 Å². The number of halogens is 2. The van der Waals surface area contributed by atoms with Crippen molar-refractivity contribution < 1.29 is 9.53 Å². The first kappa shape index (κ1) is 26.2. The Morgan fingerprint density at radius 2 is 1.89 bits per heavy atom. The van der Waals surface area contributed by atoms with Crippen LogP contribution in [0.1, 0.15) is 29.5 Å². The van der Waals surface area contributed by atoms with Crippen LogP contribution in [0.15, 0.2) is 48.9 Å². The molecule has 0 unspecified atom stereocenters. The number of hydrogen-bond donors (Lipinski definition) is 3. The summed E-state index contributed by atoms with van der Waals surface area (Å²) < 4.78 is 5.89. The SMILES string of the molecule is CN1CC(=O)NC2(CCN(c3ccc(C(=N)c4cc(OCc5c(Cl)cncc5Cl)ccc4N)cn3)CC2)C1. The molecule has 1 aromatic carbocycles. The van der Waals surface area contributed by atoms with Gasteiger partial charge in [0.15, 0.2) is 0 Å². The number of piperazine rings is 1. The predicted octanol–water partition coefficient (Wildman–Crippen LogP) is 3.76. The van der Waals surface area contributed by atoms with Gasteiger partial charge in [-0.3, -0.25) is 20.1 Å². The molecule has 3 aromatic rings. The highest BCUT2D eigenvalue weighted by Crippen LogP contribution is 2.30. The van der Waals surface area contributed by atoms with Crippen molar-refractivity contribution in [3.8, 4) is 5.75 Å². The van der Waals surface area contributed by atoms with Crippen molar-refractivity contribution in [2.45, 2.75) is 25.0 Å². The summed E-state index contributed by atoms with van der Waals surface area (Å²) in [4.78, 5) is 25.0. The van der Waals surface area contributed by atoms with E-state index < -0.39 is 0 Å². The van der Waals surface area contributed by atoms with Crippen molar-refractivity contribution in [3.05, 3.63) is 75.7 Å². The molecule has 0 saturated carbocycles. The Morgan fingerprint density at radius 3 is 2.55 bits per heavy atom. The van der Waals surface area contributed by atoms with Gasteiger partial charge in [-0.15, -0.1) is 0 Å². The van der Waals surface area contributed by atoms with E-state index in [0.717, 1.165) is 38.3 Å². The second kappa shape index (κ2) is 10.8. The van der Waals surface area contributed by atoms with Gasteiger partial charge in [-0.05, 0) is 50.2 Å². The van der Waals surface area contributed by atoms with Crippen molar-refractivity contribution in [2.75, 3.05) is 43.9 Å². The van der Waals surface area contributed by atoms with Gasteiger partial charge in [0.1, 0.15) is 18.2 Å². The van der Waals surface area contributed by atoms with Crippen molar-refractivity contribution in [1.29, 1.82) is 5.41 Å². The Morgan fingerprint density at radius 1 is 1.16 bits per heavy atom. The maximum Gasteiger partial charge on any atom is 0.234 e. The Labute approximate surface area is 231 Å². The summed E-state index contributed by atoms with van der Waals surface area (Å²) in [5.74, 6) is 1.48. The predicted molar refractivity (Wildman–Crippen MR) is 149 cm³/mol. The van der Waals surface area contributed by atoms with Gasteiger partial charge in [0.05, 0.1) is 27.8 Å². The molecule has 4 N–H and O–H groups in total. The Bertz CT molecular complexity index is 1340. The highest BCUT2D eigenvalue weighted by molar-refractivity contribution is 6.35. The molecule has 11 heteroatoms. The summed E-state index contributed by atoms with van der Waals surface area (Å²) in [5.41, 5.74) is 8.58. The van der Waals surface area contributed by atoms with Crippen LogP contribution in [0.5, 0.6) is 5.75 Å². The number of aromatic nitrogens is 2. The van der Waals surface area contributed by atoms with Gasteiger partial charge in [-0.2, -0.15) is 0 Å². The Kier molecular flexibility index (Phi) is 7.43.